The molecule has 0 spiro atoms. The number of ether oxygens (including phenoxy) is 1. The third kappa shape index (κ3) is 6.12. The van der Waals surface area contributed by atoms with Crippen LogP contribution in [0.25, 0.3) is 0 Å². The molecule has 158 valence electrons. The topological polar surface area (TPSA) is 67.8 Å². The highest BCUT2D eigenvalue weighted by atomic mass is 16.5. The molecule has 0 atom stereocenters. The Bertz CT molecular complexity index is 1090. The summed E-state index contributed by atoms with van der Waals surface area (Å²) in [5.74, 6) is -0.248. The molecule has 3 rings (SSSR count). The zero-order valence-electron chi connectivity index (χ0n) is 18.2. The van der Waals surface area contributed by atoms with Crippen molar-refractivity contribution in [1.29, 1.82) is 0 Å². The van der Waals surface area contributed by atoms with E-state index in [-0.39, 0.29) is 11.3 Å². The second kappa shape index (κ2) is 9.39. The maximum absolute atomic E-state index is 12.2. The molecule has 0 aliphatic rings. The summed E-state index contributed by atoms with van der Waals surface area (Å²) < 4.78 is 5.39. The first-order valence-electron chi connectivity index (χ1n) is 10.1. The molecule has 0 radical (unpaired) electrons. The maximum Gasteiger partial charge on any atom is 0.343 e. The van der Waals surface area contributed by atoms with Crippen LogP contribution in [-0.2, 0) is 5.41 Å². The Balaban J connectivity index is 1.55. The van der Waals surface area contributed by atoms with Crippen molar-refractivity contribution in [3.05, 3.63) is 101 Å². The molecule has 0 unspecified atom stereocenters. The molecule has 0 aromatic heterocycles. The molecular weight excluding hydrogens is 388 g/mol. The van der Waals surface area contributed by atoms with E-state index in [9.17, 15) is 9.59 Å². The van der Waals surface area contributed by atoms with Gasteiger partial charge in [0.1, 0.15) is 5.75 Å². The Morgan fingerprint density at radius 2 is 1.58 bits per heavy atom. The van der Waals surface area contributed by atoms with Crippen LogP contribution in [0.5, 0.6) is 5.75 Å². The fourth-order valence-corrected chi connectivity index (χ4v) is 2.91. The van der Waals surface area contributed by atoms with Gasteiger partial charge in [-0.1, -0.05) is 50.6 Å². The van der Waals surface area contributed by atoms with E-state index < -0.39 is 5.97 Å². The van der Waals surface area contributed by atoms with E-state index >= 15 is 0 Å². The maximum atomic E-state index is 12.2. The summed E-state index contributed by atoms with van der Waals surface area (Å²) in [5, 5.41) is 4.00. The standard InChI is InChI=1S/C26H26N2O3/c1-18-6-5-7-21(16-18)25(30)31-23-14-8-19(9-15-23)17-27-28-24(29)20-10-12-22(13-11-20)26(2,3)4/h5-17H,1-4H3,(H,28,29)/b27-17+. The minimum atomic E-state index is -0.408. The number of carbonyl (C=O) groups is 2. The molecule has 0 bridgehead atoms. The Morgan fingerprint density at radius 1 is 0.903 bits per heavy atom. The van der Waals surface area contributed by atoms with Gasteiger partial charge >= 0.3 is 5.97 Å². The van der Waals surface area contributed by atoms with Crippen LogP contribution in [0.1, 0.15) is 58.2 Å². The van der Waals surface area contributed by atoms with Gasteiger partial charge in [-0.05, 0) is 72.0 Å². The monoisotopic (exact) mass is 414 g/mol. The molecule has 31 heavy (non-hydrogen) atoms. The Kier molecular flexibility index (Phi) is 6.65. The molecule has 0 saturated heterocycles. The van der Waals surface area contributed by atoms with Crippen LogP contribution in [0.3, 0.4) is 0 Å². The second-order valence-corrected chi connectivity index (χ2v) is 8.35. The smallest absolute Gasteiger partial charge is 0.343 e. The molecule has 1 amide bonds. The Morgan fingerprint density at radius 3 is 2.19 bits per heavy atom. The Hall–Kier alpha value is -3.73. The quantitative estimate of drug-likeness (QED) is 0.267. The zero-order valence-corrected chi connectivity index (χ0v) is 18.2. The highest BCUT2D eigenvalue weighted by Gasteiger charge is 2.14. The van der Waals surface area contributed by atoms with Crippen LogP contribution < -0.4 is 10.2 Å². The van der Waals surface area contributed by atoms with Crippen molar-refractivity contribution in [2.75, 3.05) is 0 Å². The number of amides is 1. The number of hydrazone groups is 1. The van der Waals surface area contributed by atoms with Crippen molar-refractivity contribution in [3.8, 4) is 5.75 Å². The number of rotatable bonds is 5. The van der Waals surface area contributed by atoms with Crippen LogP contribution >= 0.6 is 0 Å². The van der Waals surface area contributed by atoms with Crippen LogP contribution in [-0.4, -0.2) is 18.1 Å². The van der Waals surface area contributed by atoms with E-state index in [2.05, 4.69) is 31.3 Å². The molecule has 5 heteroatoms. The fraction of sp³-hybridized carbons (Fsp3) is 0.192. The number of hydrogen-bond acceptors (Lipinski definition) is 4. The lowest BCUT2D eigenvalue weighted by Crippen LogP contribution is -2.18. The van der Waals surface area contributed by atoms with Crippen molar-refractivity contribution >= 4 is 18.1 Å². The van der Waals surface area contributed by atoms with Crippen molar-refractivity contribution in [2.45, 2.75) is 33.1 Å². The third-order valence-corrected chi connectivity index (χ3v) is 4.74. The SMILES string of the molecule is Cc1cccc(C(=O)Oc2ccc(/C=N/NC(=O)c3ccc(C(C)(C)C)cc3)cc2)c1. The number of esters is 1. The van der Waals surface area contributed by atoms with E-state index in [1.165, 1.54) is 6.21 Å². The number of nitrogens with one attached hydrogen (secondary N) is 1. The highest BCUT2D eigenvalue weighted by Crippen LogP contribution is 2.22. The van der Waals surface area contributed by atoms with Crippen LogP contribution in [0, 0.1) is 6.92 Å². The van der Waals surface area contributed by atoms with Crippen molar-refractivity contribution in [3.63, 3.8) is 0 Å². The zero-order chi connectivity index (χ0) is 22.4. The highest BCUT2D eigenvalue weighted by molar-refractivity contribution is 5.95. The van der Waals surface area contributed by atoms with Gasteiger partial charge in [-0.3, -0.25) is 4.79 Å². The van der Waals surface area contributed by atoms with E-state index in [4.69, 9.17) is 4.74 Å². The molecule has 1 N–H and O–H groups in total. The van der Waals surface area contributed by atoms with Gasteiger partial charge in [0.05, 0.1) is 11.8 Å². The molecule has 3 aromatic carbocycles. The van der Waals surface area contributed by atoms with Gasteiger partial charge in [-0.25, -0.2) is 10.2 Å². The first-order valence-corrected chi connectivity index (χ1v) is 10.1. The fourth-order valence-electron chi connectivity index (χ4n) is 2.91. The van der Waals surface area contributed by atoms with Crippen molar-refractivity contribution in [1.82, 2.24) is 5.43 Å². The number of aryl methyl sites for hydroxylation is 1. The summed E-state index contributed by atoms with van der Waals surface area (Å²) in [6.07, 6.45) is 1.54. The molecule has 3 aromatic rings. The summed E-state index contributed by atoms with van der Waals surface area (Å²) in [5.41, 5.74) is 6.53. The van der Waals surface area contributed by atoms with Gasteiger partial charge in [0, 0.05) is 5.56 Å². The molecule has 0 heterocycles. The van der Waals surface area contributed by atoms with Gasteiger partial charge in [0.15, 0.2) is 0 Å². The molecule has 0 saturated carbocycles. The average molecular weight is 415 g/mol. The molecular formula is C26H26N2O3. The summed E-state index contributed by atoms with van der Waals surface area (Å²) in [7, 11) is 0. The summed E-state index contributed by atoms with van der Waals surface area (Å²) >= 11 is 0. The third-order valence-electron chi connectivity index (χ3n) is 4.74. The van der Waals surface area contributed by atoms with E-state index in [1.807, 2.05) is 31.2 Å². The lowest BCUT2D eigenvalue weighted by molar-refractivity contribution is 0.0734. The van der Waals surface area contributed by atoms with Gasteiger partial charge in [0.25, 0.3) is 5.91 Å². The number of hydrogen-bond donors (Lipinski definition) is 1. The second-order valence-electron chi connectivity index (χ2n) is 8.35. The molecule has 0 aliphatic carbocycles. The summed E-state index contributed by atoms with van der Waals surface area (Å²) in [4.78, 5) is 24.5. The first kappa shape index (κ1) is 22.0. The predicted molar refractivity (Wildman–Crippen MR) is 123 cm³/mol. The minimum absolute atomic E-state index is 0.0354. The van der Waals surface area contributed by atoms with Crippen LogP contribution in [0.2, 0.25) is 0 Å². The van der Waals surface area contributed by atoms with Gasteiger partial charge in [-0.2, -0.15) is 5.10 Å². The van der Waals surface area contributed by atoms with Gasteiger partial charge < -0.3 is 4.74 Å². The van der Waals surface area contributed by atoms with Crippen LogP contribution in [0.15, 0.2) is 77.9 Å². The number of benzene rings is 3. The minimum Gasteiger partial charge on any atom is -0.423 e. The summed E-state index contributed by atoms with van der Waals surface area (Å²) in [6.45, 7) is 8.30. The van der Waals surface area contributed by atoms with Gasteiger partial charge in [-0.15, -0.1) is 0 Å². The lowest BCUT2D eigenvalue weighted by atomic mass is 9.87. The van der Waals surface area contributed by atoms with Gasteiger partial charge in [0.2, 0.25) is 0 Å². The van der Waals surface area contributed by atoms with E-state index in [1.54, 1.807) is 48.5 Å². The largest absolute Gasteiger partial charge is 0.423 e. The van der Waals surface area contributed by atoms with E-state index in [0.29, 0.717) is 16.9 Å². The average Bonchev–Trinajstić information content (AvgIpc) is 2.74. The van der Waals surface area contributed by atoms with E-state index in [0.717, 1.165) is 16.7 Å². The van der Waals surface area contributed by atoms with Crippen LogP contribution in [0.4, 0.5) is 0 Å². The van der Waals surface area contributed by atoms with Crippen molar-refractivity contribution in [2.24, 2.45) is 5.10 Å². The Labute approximate surface area is 182 Å². The number of nitrogens with zero attached hydrogens (tertiary/aromatic N) is 1. The lowest BCUT2D eigenvalue weighted by Gasteiger charge is -2.18. The normalized spacial score (nSPS) is 11.4. The number of carbonyl (C=O) groups excluding carboxylic acids is 2. The molecule has 0 fully saturated rings. The first-order chi connectivity index (χ1) is 14.7. The molecule has 5 nitrogen and oxygen atoms in total. The summed E-state index contributed by atoms with van der Waals surface area (Å²) in [6, 6.07) is 21.6. The predicted octanol–water partition coefficient (Wildman–Crippen LogP) is 5.28. The van der Waals surface area contributed by atoms with Crippen molar-refractivity contribution < 1.29 is 14.3 Å². The molecule has 0 aliphatic heterocycles.